The van der Waals surface area contributed by atoms with Crippen LogP contribution >= 0.6 is 0 Å². The van der Waals surface area contributed by atoms with Gasteiger partial charge in [0.1, 0.15) is 0 Å². The maximum atomic E-state index is 13.8. The standard InChI is InChI=1S/C26H28F9NO2/c1-2-3-20-10-15(12-23(37)38)11-22(16-4-6-18(7-5-16)24(27,28)29)36(20)14-17-13-19(25(30,31)32)8-9-21(17)26(33,34)35/h4,6-9,13,15-16,20,22H,2-3,5,10-12,14H2,1H3,(H,37,38)/t15-,16?,20+,22+/m0/s1. The number of carboxylic acid groups (broad SMARTS) is 1. The van der Waals surface area contributed by atoms with Gasteiger partial charge in [0.05, 0.1) is 16.7 Å². The zero-order valence-electron chi connectivity index (χ0n) is 20.4. The van der Waals surface area contributed by atoms with E-state index in [0.29, 0.717) is 37.5 Å². The van der Waals surface area contributed by atoms with Crippen molar-refractivity contribution in [3.63, 3.8) is 0 Å². The van der Waals surface area contributed by atoms with Gasteiger partial charge in [-0.05, 0) is 61.3 Å². The average molecular weight is 557 g/mol. The van der Waals surface area contributed by atoms with Crippen LogP contribution in [0.25, 0.3) is 0 Å². The van der Waals surface area contributed by atoms with E-state index in [0.717, 1.165) is 12.2 Å². The van der Waals surface area contributed by atoms with Crippen LogP contribution in [0, 0.1) is 11.8 Å². The van der Waals surface area contributed by atoms with Gasteiger partial charge < -0.3 is 5.11 Å². The van der Waals surface area contributed by atoms with Crippen molar-refractivity contribution >= 4 is 5.97 Å². The second-order valence-electron chi connectivity index (χ2n) is 9.90. The van der Waals surface area contributed by atoms with Gasteiger partial charge in [0.15, 0.2) is 0 Å². The molecule has 1 aromatic carbocycles. The van der Waals surface area contributed by atoms with E-state index < -0.39 is 71.3 Å². The first-order valence-electron chi connectivity index (χ1n) is 12.2. The van der Waals surface area contributed by atoms with Crippen LogP contribution in [-0.2, 0) is 23.7 Å². The van der Waals surface area contributed by atoms with E-state index in [1.165, 1.54) is 6.08 Å². The van der Waals surface area contributed by atoms with Gasteiger partial charge in [-0.1, -0.05) is 31.6 Å². The summed E-state index contributed by atoms with van der Waals surface area (Å²) < 4.78 is 121. The van der Waals surface area contributed by atoms with Crippen molar-refractivity contribution < 1.29 is 49.4 Å². The highest BCUT2D eigenvalue weighted by atomic mass is 19.4. The zero-order valence-corrected chi connectivity index (χ0v) is 20.4. The Labute approximate surface area is 214 Å². The van der Waals surface area contributed by atoms with Gasteiger partial charge >= 0.3 is 24.5 Å². The molecule has 3 nitrogen and oxygen atoms in total. The maximum Gasteiger partial charge on any atom is 0.416 e. The third-order valence-electron chi connectivity index (χ3n) is 7.21. The van der Waals surface area contributed by atoms with Crippen molar-refractivity contribution in [2.75, 3.05) is 0 Å². The molecule has 1 heterocycles. The van der Waals surface area contributed by atoms with Crippen molar-refractivity contribution in [3.8, 4) is 0 Å². The van der Waals surface area contributed by atoms with Crippen LogP contribution in [0.3, 0.4) is 0 Å². The molecule has 0 bridgehead atoms. The monoisotopic (exact) mass is 557 g/mol. The van der Waals surface area contributed by atoms with Gasteiger partial charge in [0.25, 0.3) is 0 Å². The Hall–Kier alpha value is -2.50. The topological polar surface area (TPSA) is 40.5 Å². The highest BCUT2D eigenvalue weighted by molar-refractivity contribution is 5.67. The predicted octanol–water partition coefficient (Wildman–Crippen LogP) is 8.01. The van der Waals surface area contributed by atoms with Crippen molar-refractivity contribution in [2.24, 2.45) is 11.8 Å². The fourth-order valence-electron chi connectivity index (χ4n) is 5.57. The van der Waals surface area contributed by atoms with E-state index in [2.05, 4.69) is 0 Å². The van der Waals surface area contributed by atoms with Crippen LogP contribution in [0.2, 0.25) is 0 Å². The Balaban J connectivity index is 2.05. The van der Waals surface area contributed by atoms with Gasteiger partial charge in [-0.15, -0.1) is 0 Å². The molecule has 0 aromatic heterocycles. The summed E-state index contributed by atoms with van der Waals surface area (Å²) in [5.74, 6) is -2.04. The summed E-state index contributed by atoms with van der Waals surface area (Å²) in [5.41, 5.74) is -3.90. The van der Waals surface area contributed by atoms with E-state index >= 15 is 0 Å². The maximum absolute atomic E-state index is 13.8. The average Bonchev–Trinajstić information content (AvgIpc) is 2.78. The Kier molecular flexibility index (Phi) is 8.95. The molecule has 3 rings (SSSR count). The number of benzene rings is 1. The van der Waals surface area contributed by atoms with Crippen molar-refractivity contribution in [1.82, 2.24) is 4.90 Å². The molecule has 1 aliphatic carbocycles. The molecule has 2 aliphatic rings. The van der Waals surface area contributed by atoms with E-state index in [1.807, 2.05) is 6.92 Å². The Morgan fingerprint density at radius 1 is 1.00 bits per heavy atom. The van der Waals surface area contributed by atoms with Crippen LogP contribution in [0.1, 0.15) is 62.1 Å². The van der Waals surface area contributed by atoms with Gasteiger partial charge in [0.2, 0.25) is 0 Å². The number of likely N-dealkylation sites (tertiary alicyclic amines) is 1. The van der Waals surface area contributed by atoms with Gasteiger partial charge in [-0.25, -0.2) is 0 Å². The molecule has 1 unspecified atom stereocenters. The number of piperidine rings is 1. The van der Waals surface area contributed by atoms with Gasteiger partial charge in [-0.3, -0.25) is 9.69 Å². The number of carboxylic acids is 1. The lowest BCUT2D eigenvalue weighted by Gasteiger charge is -2.48. The number of carbonyl (C=O) groups is 1. The molecule has 0 amide bonds. The molecule has 0 spiro atoms. The minimum atomic E-state index is -4.92. The van der Waals surface area contributed by atoms with Crippen molar-refractivity contribution in [2.45, 2.75) is 82.6 Å². The summed E-state index contributed by atoms with van der Waals surface area (Å²) in [6.07, 6.45) is -9.99. The van der Waals surface area contributed by atoms with E-state index in [9.17, 15) is 49.4 Å². The number of hydrogen-bond donors (Lipinski definition) is 1. The molecule has 212 valence electrons. The van der Waals surface area contributed by atoms with Crippen LogP contribution in [0.15, 0.2) is 42.0 Å². The molecule has 1 fully saturated rings. The molecule has 0 radical (unpaired) electrons. The molecule has 4 atom stereocenters. The number of halogens is 9. The van der Waals surface area contributed by atoms with Gasteiger partial charge in [-0.2, -0.15) is 39.5 Å². The Bertz CT molecular complexity index is 1060. The van der Waals surface area contributed by atoms with E-state index in [1.54, 1.807) is 4.90 Å². The quantitative estimate of drug-likeness (QED) is 0.345. The molecular formula is C26H28F9NO2. The summed E-state index contributed by atoms with van der Waals surface area (Å²) in [7, 11) is 0. The number of nitrogens with zero attached hydrogens (tertiary/aromatic N) is 1. The van der Waals surface area contributed by atoms with Crippen LogP contribution in [-0.4, -0.2) is 34.2 Å². The third-order valence-corrected chi connectivity index (χ3v) is 7.21. The van der Waals surface area contributed by atoms with Crippen molar-refractivity contribution in [3.05, 3.63) is 58.7 Å². The smallest absolute Gasteiger partial charge is 0.416 e. The molecule has 12 heteroatoms. The molecule has 0 saturated carbocycles. The highest BCUT2D eigenvalue weighted by Gasteiger charge is 2.43. The fourth-order valence-corrected chi connectivity index (χ4v) is 5.57. The van der Waals surface area contributed by atoms with Gasteiger partial charge in [0, 0.05) is 25.0 Å². The number of hydrogen-bond acceptors (Lipinski definition) is 2. The first kappa shape index (κ1) is 30.0. The second kappa shape index (κ2) is 11.3. The first-order chi connectivity index (χ1) is 17.5. The largest absolute Gasteiger partial charge is 0.481 e. The summed E-state index contributed by atoms with van der Waals surface area (Å²) in [4.78, 5) is 13.1. The molecule has 1 saturated heterocycles. The Morgan fingerprint density at radius 2 is 1.68 bits per heavy atom. The summed E-state index contributed by atoms with van der Waals surface area (Å²) in [6.45, 7) is 1.31. The summed E-state index contributed by atoms with van der Waals surface area (Å²) >= 11 is 0. The molecule has 1 aliphatic heterocycles. The summed E-state index contributed by atoms with van der Waals surface area (Å²) in [6, 6.07) is 0.130. The summed E-state index contributed by atoms with van der Waals surface area (Å²) in [5, 5.41) is 9.34. The van der Waals surface area contributed by atoms with Crippen LogP contribution in [0.4, 0.5) is 39.5 Å². The lowest BCUT2D eigenvalue weighted by atomic mass is 9.76. The minimum Gasteiger partial charge on any atom is -0.481 e. The second-order valence-corrected chi connectivity index (χ2v) is 9.90. The predicted molar refractivity (Wildman–Crippen MR) is 121 cm³/mol. The molecule has 1 aromatic rings. The zero-order chi connectivity index (χ0) is 28.5. The lowest BCUT2D eigenvalue weighted by Crippen LogP contribution is -2.52. The number of rotatable bonds is 7. The third kappa shape index (κ3) is 7.33. The minimum absolute atomic E-state index is 0.0835. The molecule has 1 N–H and O–H groups in total. The Morgan fingerprint density at radius 3 is 2.18 bits per heavy atom. The van der Waals surface area contributed by atoms with Crippen molar-refractivity contribution in [1.29, 1.82) is 0 Å². The first-order valence-corrected chi connectivity index (χ1v) is 12.2. The van der Waals surface area contributed by atoms with E-state index in [4.69, 9.17) is 0 Å². The fraction of sp³-hybridized carbons (Fsp3) is 0.577. The molecule has 38 heavy (non-hydrogen) atoms. The van der Waals surface area contributed by atoms with Crippen LogP contribution < -0.4 is 0 Å². The number of alkyl halides is 9. The molecular weight excluding hydrogens is 529 g/mol. The normalized spacial score (nSPS) is 25.4. The van der Waals surface area contributed by atoms with Crippen LogP contribution in [0.5, 0.6) is 0 Å². The highest BCUT2D eigenvalue weighted by Crippen LogP contribution is 2.43. The van der Waals surface area contributed by atoms with E-state index in [-0.39, 0.29) is 25.2 Å². The number of allylic oxidation sites excluding steroid dienone is 3. The SMILES string of the molecule is CCC[C@@H]1C[C@H](CC(=O)O)C[C@H](C2C=CC(C(F)(F)F)=CC2)N1Cc1cc(C(F)(F)F)ccc1C(F)(F)F. The lowest BCUT2D eigenvalue weighted by molar-refractivity contribution is -0.142. The number of aliphatic carboxylic acids is 1.